The molecule has 0 radical (unpaired) electrons. The van der Waals surface area contributed by atoms with Crippen LogP contribution in [0.5, 0.6) is 0 Å². The van der Waals surface area contributed by atoms with Crippen molar-refractivity contribution in [1.29, 1.82) is 0 Å². The maximum Gasteiger partial charge on any atom is 0.322 e. The number of carbonyl (C=O) groups excluding carboxylic acids is 1. The SMILES string of the molecule is CC(C)CN(Cc1cccn1Cc1cccc(F)c1)C(=O)Nc1cccc(F)c1. The highest BCUT2D eigenvalue weighted by atomic mass is 19.1. The number of hydrogen-bond acceptors (Lipinski definition) is 1. The van der Waals surface area contributed by atoms with Crippen LogP contribution in [0.3, 0.4) is 0 Å². The summed E-state index contributed by atoms with van der Waals surface area (Å²) in [7, 11) is 0. The lowest BCUT2D eigenvalue weighted by molar-refractivity contribution is 0.200. The second-order valence-electron chi connectivity index (χ2n) is 7.47. The summed E-state index contributed by atoms with van der Waals surface area (Å²) in [5.74, 6) is -0.408. The third-order valence-electron chi connectivity index (χ3n) is 4.47. The van der Waals surface area contributed by atoms with Gasteiger partial charge in [-0.05, 0) is 53.9 Å². The molecule has 3 rings (SSSR count). The number of carbonyl (C=O) groups is 1. The number of benzene rings is 2. The van der Waals surface area contributed by atoms with Crippen LogP contribution in [0.25, 0.3) is 0 Å². The Balaban J connectivity index is 1.75. The fourth-order valence-corrected chi connectivity index (χ4v) is 3.20. The van der Waals surface area contributed by atoms with Gasteiger partial charge in [-0.25, -0.2) is 13.6 Å². The van der Waals surface area contributed by atoms with Crippen LogP contribution in [0.2, 0.25) is 0 Å². The smallest absolute Gasteiger partial charge is 0.322 e. The van der Waals surface area contributed by atoms with Crippen molar-refractivity contribution in [3.63, 3.8) is 0 Å². The van der Waals surface area contributed by atoms with Gasteiger partial charge in [-0.3, -0.25) is 0 Å². The predicted molar refractivity (Wildman–Crippen MR) is 111 cm³/mol. The largest absolute Gasteiger partial charge is 0.345 e. The van der Waals surface area contributed by atoms with E-state index in [0.29, 0.717) is 25.3 Å². The molecule has 4 nitrogen and oxygen atoms in total. The summed E-state index contributed by atoms with van der Waals surface area (Å²) >= 11 is 0. The Morgan fingerprint density at radius 2 is 1.76 bits per heavy atom. The maximum absolute atomic E-state index is 13.5. The molecule has 1 aromatic heterocycles. The minimum atomic E-state index is -0.401. The van der Waals surface area contributed by atoms with Crippen molar-refractivity contribution < 1.29 is 13.6 Å². The highest BCUT2D eigenvalue weighted by Gasteiger charge is 2.17. The first kappa shape index (κ1) is 20.6. The molecule has 1 heterocycles. The standard InChI is InChI=1S/C23H25F2N3O/c1-17(2)14-28(23(29)26-21-9-4-8-20(25)13-21)16-22-10-5-11-27(22)15-18-6-3-7-19(24)12-18/h3-13,17H,14-16H2,1-2H3,(H,26,29). The molecule has 2 aromatic carbocycles. The monoisotopic (exact) mass is 397 g/mol. The average Bonchev–Trinajstić information content (AvgIpc) is 3.07. The van der Waals surface area contributed by atoms with Crippen molar-refractivity contribution in [3.8, 4) is 0 Å². The minimum Gasteiger partial charge on any atom is -0.345 e. The van der Waals surface area contributed by atoms with Crippen molar-refractivity contribution in [2.75, 3.05) is 11.9 Å². The van der Waals surface area contributed by atoms with Crippen molar-refractivity contribution in [1.82, 2.24) is 9.47 Å². The fraction of sp³-hybridized carbons (Fsp3) is 0.261. The Morgan fingerprint density at radius 3 is 2.45 bits per heavy atom. The van der Waals surface area contributed by atoms with Crippen LogP contribution in [-0.2, 0) is 13.1 Å². The first-order chi connectivity index (χ1) is 13.9. The third-order valence-corrected chi connectivity index (χ3v) is 4.47. The number of aromatic nitrogens is 1. The van der Waals surface area contributed by atoms with Gasteiger partial charge in [0.25, 0.3) is 0 Å². The van der Waals surface area contributed by atoms with E-state index in [-0.39, 0.29) is 17.8 Å². The molecular formula is C23H25F2N3O. The van der Waals surface area contributed by atoms with Crippen molar-refractivity contribution in [2.24, 2.45) is 5.92 Å². The summed E-state index contributed by atoms with van der Waals surface area (Å²) < 4.78 is 28.9. The highest BCUT2D eigenvalue weighted by molar-refractivity contribution is 5.89. The van der Waals surface area contributed by atoms with E-state index in [0.717, 1.165) is 11.3 Å². The van der Waals surface area contributed by atoms with Crippen LogP contribution < -0.4 is 5.32 Å². The minimum absolute atomic E-state index is 0.264. The van der Waals surface area contributed by atoms with Gasteiger partial charge in [-0.15, -0.1) is 0 Å². The first-order valence-corrected chi connectivity index (χ1v) is 9.60. The lowest BCUT2D eigenvalue weighted by Crippen LogP contribution is -2.37. The molecule has 152 valence electrons. The van der Waals surface area contributed by atoms with Gasteiger partial charge in [0.1, 0.15) is 11.6 Å². The molecule has 0 aliphatic rings. The van der Waals surface area contributed by atoms with Crippen LogP contribution >= 0.6 is 0 Å². The number of anilines is 1. The molecule has 0 saturated heterocycles. The van der Waals surface area contributed by atoms with Crippen molar-refractivity contribution in [3.05, 3.63) is 89.8 Å². The number of nitrogens with one attached hydrogen (secondary N) is 1. The second kappa shape index (κ2) is 9.37. The summed E-state index contributed by atoms with van der Waals surface area (Å²) in [6.45, 7) is 5.53. The van der Waals surface area contributed by atoms with Gasteiger partial charge in [0, 0.05) is 30.7 Å². The molecule has 0 bridgehead atoms. The van der Waals surface area contributed by atoms with Crippen molar-refractivity contribution in [2.45, 2.75) is 26.9 Å². The molecule has 1 N–H and O–H groups in total. The molecule has 0 saturated carbocycles. The zero-order valence-electron chi connectivity index (χ0n) is 16.6. The van der Waals surface area contributed by atoms with Crippen molar-refractivity contribution >= 4 is 11.7 Å². The van der Waals surface area contributed by atoms with Crippen LogP contribution in [0.1, 0.15) is 25.1 Å². The van der Waals surface area contributed by atoms with E-state index >= 15 is 0 Å². The molecule has 0 spiro atoms. The van der Waals surface area contributed by atoms with Crippen LogP contribution in [0.15, 0.2) is 66.9 Å². The number of nitrogens with zero attached hydrogens (tertiary/aromatic N) is 2. The highest BCUT2D eigenvalue weighted by Crippen LogP contribution is 2.15. The number of hydrogen-bond donors (Lipinski definition) is 1. The Morgan fingerprint density at radius 1 is 1.03 bits per heavy atom. The second-order valence-corrected chi connectivity index (χ2v) is 7.47. The molecule has 0 unspecified atom stereocenters. The lowest BCUT2D eigenvalue weighted by atomic mass is 10.2. The molecule has 0 atom stereocenters. The molecule has 0 fully saturated rings. The zero-order chi connectivity index (χ0) is 20.8. The zero-order valence-corrected chi connectivity index (χ0v) is 16.6. The Bertz CT molecular complexity index is 968. The summed E-state index contributed by atoms with van der Waals surface area (Å²) in [5.41, 5.74) is 2.20. The summed E-state index contributed by atoms with van der Waals surface area (Å²) in [6, 6.07) is 15.9. The van der Waals surface area contributed by atoms with E-state index < -0.39 is 5.82 Å². The fourth-order valence-electron chi connectivity index (χ4n) is 3.20. The lowest BCUT2D eigenvalue weighted by Gasteiger charge is -2.25. The van der Waals surface area contributed by atoms with E-state index in [2.05, 4.69) is 5.32 Å². The molecule has 29 heavy (non-hydrogen) atoms. The van der Waals surface area contributed by atoms with Gasteiger partial charge >= 0.3 is 6.03 Å². The topological polar surface area (TPSA) is 37.3 Å². The number of amides is 2. The van der Waals surface area contributed by atoms with E-state index in [9.17, 15) is 13.6 Å². The van der Waals surface area contributed by atoms with Gasteiger partial charge in [0.2, 0.25) is 0 Å². The summed E-state index contributed by atoms with van der Waals surface area (Å²) in [4.78, 5) is 14.5. The summed E-state index contributed by atoms with van der Waals surface area (Å²) in [6.07, 6.45) is 1.91. The number of rotatable bonds is 7. The van der Waals surface area contributed by atoms with Gasteiger partial charge in [0.05, 0.1) is 6.54 Å². The first-order valence-electron chi connectivity index (χ1n) is 9.60. The molecule has 3 aromatic rings. The predicted octanol–water partition coefficient (Wildman–Crippen LogP) is 5.50. The average molecular weight is 397 g/mol. The molecule has 2 amide bonds. The van der Waals surface area contributed by atoms with Crippen LogP contribution in [-0.4, -0.2) is 22.0 Å². The number of halogens is 2. The van der Waals surface area contributed by atoms with Gasteiger partial charge in [-0.1, -0.05) is 32.0 Å². The quantitative estimate of drug-likeness (QED) is 0.561. The Kier molecular flexibility index (Phi) is 6.65. The normalized spacial score (nSPS) is 10.9. The number of urea groups is 1. The maximum atomic E-state index is 13.5. The van der Waals surface area contributed by atoms with Gasteiger partial charge < -0.3 is 14.8 Å². The van der Waals surface area contributed by atoms with E-state index in [1.54, 1.807) is 23.1 Å². The molecular weight excluding hydrogens is 372 g/mol. The van der Waals surface area contributed by atoms with Crippen LogP contribution in [0, 0.1) is 17.6 Å². The Labute approximate surface area is 169 Å². The van der Waals surface area contributed by atoms with Gasteiger partial charge in [0.15, 0.2) is 0 Å². The van der Waals surface area contributed by atoms with Crippen LogP contribution in [0.4, 0.5) is 19.3 Å². The molecule has 0 aliphatic carbocycles. The third kappa shape index (κ3) is 5.91. The molecule has 6 heteroatoms. The van der Waals surface area contributed by atoms with E-state index in [1.165, 1.54) is 24.3 Å². The summed E-state index contributed by atoms with van der Waals surface area (Å²) in [5, 5.41) is 2.77. The Hall–Kier alpha value is -3.15. The van der Waals surface area contributed by atoms with E-state index in [1.807, 2.05) is 42.8 Å². The molecule has 0 aliphatic heterocycles. The van der Waals surface area contributed by atoms with E-state index in [4.69, 9.17) is 0 Å². The van der Waals surface area contributed by atoms with Gasteiger partial charge in [-0.2, -0.15) is 0 Å².